The van der Waals surface area contributed by atoms with Crippen LogP contribution in [0.3, 0.4) is 0 Å². The Kier molecular flexibility index (Phi) is 3.24. The molecule has 0 fully saturated rings. The van der Waals surface area contributed by atoms with Crippen LogP contribution in [0.15, 0.2) is 21.6 Å². The van der Waals surface area contributed by atoms with Gasteiger partial charge in [-0.2, -0.15) is 8.78 Å². The zero-order chi connectivity index (χ0) is 14.4. The second kappa shape index (κ2) is 4.36. The number of nitrogens with two attached hydrogens (primary N) is 1. The summed E-state index contributed by atoms with van der Waals surface area (Å²) in [5, 5.41) is 0. The van der Waals surface area contributed by atoms with E-state index in [1.165, 1.54) is 0 Å². The lowest BCUT2D eigenvalue weighted by atomic mass is 9.87. The van der Waals surface area contributed by atoms with Gasteiger partial charge in [-0.05, 0) is 28.9 Å². The average Bonchev–Trinajstić information content (AvgIpc) is 2.29. The Labute approximate surface area is 114 Å². The summed E-state index contributed by atoms with van der Waals surface area (Å²) in [7, 11) is 0. The molecule has 0 unspecified atom stereocenters. The average molecular weight is 341 g/mol. The van der Waals surface area contributed by atoms with Crippen molar-refractivity contribution in [1.29, 1.82) is 0 Å². The van der Waals surface area contributed by atoms with Crippen LogP contribution in [-0.2, 0) is 10.3 Å². The number of halogens is 5. The molecule has 1 heterocycles. The maximum atomic E-state index is 14.0. The van der Waals surface area contributed by atoms with E-state index in [4.69, 9.17) is 10.5 Å². The molecule has 0 bridgehead atoms. The van der Waals surface area contributed by atoms with Crippen LogP contribution in [-0.4, -0.2) is 18.5 Å². The van der Waals surface area contributed by atoms with E-state index in [1.807, 2.05) is 0 Å². The third-order valence-corrected chi connectivity index (χ3v) is 3.57. The number of aliphatic imine (C=N–C) groups is 1. The highest BCUT2D eigenvalue weighted by molar-refractivity contribution is 9.10. The Morgan fingerprint density at radius 1 is 1.32 bits per heavy atom. The van der Waals surface area contributed by atoms with Crippen molar-refractivity contribution < 1.29 is 22.3 Å². The van der Waals surface area contributed by atoms with Crippen LogP contribution in [0.25, 0.3) is 0 Å². The molecule has 1 atom stereocenters. The molecule has 19 heavy (non-hydrogen) atoms. The third-order valence-electron chi connectivity index (χ3n) is 2.96. The van der Waals surface area contributed by atoms with Gasteiger partial charge >= 0.3 is 5.92 Å². The minimum absolute atomic E-state index is 0.148. The lowest BCUT2D eigenvalue weighted by molar-refractivity contribution is -0.173. The zero-order valence-electron chi connectivity index (χ0n) is 9.68. The fourth-order valence-electron chi connectivity index (χ4n) is 1.78. The van der Waals surface area contributed by atoms with Crippen molar-refractivity contribution >= 4 is 22.0 Å². The first-order chi connectivity index (χ1) is 8.67. The molecule has 1 aromatic carbocycles. The molecule has 0 saturated carbocycles. The van der Waals surface area contributed by atoms with Gasteiger partial charge in [0.25, 0.3) is 6.02 Å². The number of alkyl halides is 2. The van der Waals surface area contributed by atoms with E-state index in [-0.39, 0.29) is 4.47 Å². The predicted molar refractivity (Wildman–Crippen MR) is 63.9 cm³/mol. The standard InChI is InChI=1S/C11H9BrF4N2O/c1-10(11(15,16)4-18-9(17)19-10)5-2-6(12)8(14)3-7(5)13/h2-3H,4H2,1H3,(H2,17,18)/t10-/m1/s1. The fraction of sp³-hybridized carbons (Fsp3) is 0.364. The molecule has 104 valence electrons. The van der Waals surface area contributed by atoms with Gasteiger partial charge in [-0.15, -0.1) is 0 Å². The second-order valence-electron chi connectivity index (χ2n) is 4.24. The maximum absolute atomic E-state index is 14.0. The van der Waals surface area contributed by atoms with E-state index in [9.17, 15) is 17.6 Å². The molecule has 0 spiro atoms. The predicted octanol–water partition coefficient (Wildman–Crippen LogP) is 2.92. The van der Waals surface area contributed by atoms with Crippen molar-refractivity contribution in [2.24, 2.45) is 10.7 Å². The van der Waals surface area contributed by atoms with E-state index in [1.54, 1.807) is 0 Å². The van der Waals surface area contributed by atoms with Crippen molar-refractivity contribution in [3.63, 3.8) is 0 Å². The summed E-state index contributed by atoms with van der Waals surface area (Å²) in [4.78, 5) is 3.29. The molecule has 2 rings (SSSR count). The molecule has 0 saturated heterocycles. The van der Waals surface area contributed by atoms with Crippen molar-refractivity contribution in [3.8, 4) is 0 Å². The second-order valence-corrected chi connectivity index (χ2v) is 5.09. The summed E-state index contributed by atoms with van der Waals surface area (Å²) < 4.78 is 59.6. The molecule has 1 aromatic rings. The lowest BCUT2D eigenvalue weighted by Crippen LogP contribution is -2.53. The van der Waals surface area contributed by atoms with Gasteiger partial charge in [0.15, 0.2) is 0 Å². The summed E-state index contributed by atoms with van der Waals surface area (Å²) in [5.74, 6) is -5.52. The van der Waals surface area contributed by atoms with Gasteiger partial charge in [0.1, 0.15) is 18.2 Å². The smallest absolute Gasteiger partial charge is 0.310 e. The highest BCUT2D eigenvalue weighted by Crippen LogP contribution is 2.44. The number of rotatable bonds is 1. The molecule has 3 nitrogen and oxygen atoms in total. The highest BCUT2D eigenvalue weighted by Gasteiger charge is 2.57. The van der Waals surface area contributed by atoms with E-state index in [0.29, 0.717) is 6.07 Å². The van der Waals surface area contributed by atoms with Gasteiger partial charge in [0.2, 0.25) is 5.60 Å². The first kappa shape index (κ1) is 14.1. The van der Waals surface area contributed by atoms with E-state index in [0.717, 1.165) is 13.0 Å². The van der Waals surface area contributed by atoms with Crippen molar-refractivity contribution in [2.75, 3.05) is 6.54 Å². The Morgan fingerprint density at radius 3 is 2.58 bits per heavy atom. The molecule has 2 N–H and O–H groups in total. The Morgan fingerprint density at radius 2 is 1.95 bits per heavy atom. The molecule has 1 aliphatic rings. The Hall–Kier alpha value is -1.31. The van der Waals surface area contributed by atoms with Crippen LogP contribution in [0.2, 0.25) is 0 Å². The van der Waals surface area contributed by atoms with Crippen LogP contribution >= 0.6 is 15.9 Å². The molecule has 0 aromatic heterocycles. The van der Waals surface area contributed by atoms with E-state index in [2.05, 4.69) is 20.9 Å². The summed E-state index contributed by atoms with van der Waals surface area (Å²) >= 11 is 2.82. The first-order valence-electron chi connectivity index (χ1n) is 5.19. The number of benzene rings is 1. The van der Waals surface area contributed by atoms with E-state index >= 15 is 0 Å². The van der Waals surface area contributed by atoms with Crippen LogP contribution < -0.4 is 5.73 Å². The van der Waals surface area contributed by atoms with Gasteiger partial charge in [-0.3, -0.25) is 0 Å². The number of hydrogen-bond acceptors (Lipinski definition) is 3. The molecular weight excluding hydrogens is 332 g/mol. The SMILES string of the molecule is C[C@]1(c2cc(Br)c(F)cc2F)OC(N)=NCC1(F)F. The molecule has 8 heteroatoms. The molecule has 0 amide bonds. The largest absolute Gasteiger partial charge is 0.448 e. The number of amidine groups is 1. The minimum Gasteiger partial charge on any atom is -0.448 e. The third kappa shape index (κ3) is 2.18. The minimum atomic E-state index is -3.48. The van der Waals surface area contributed by atoms with Gasteiger partial charge in [0.05, 0.1) is 4.47 Å². The number of hydrogen-bond donors (Lipinski definition) is 1. The van der Waals surface area contributed by atoms with Crippen molar-refractivity contribution in [3.05, 3.63) is 33.8 Å². The first-order valence-corrected chi connectivity index (χ1v) is 5.98. The molecular formula is C11H9BrF4N2O. The Balaban J connectivity index is 2.62. The van der Waals surface area contributed by atoms with Gasteiger partial charge in [-0.1, -0.05) is 0 Å². The van der Waals surface area contributed by atoms with Crippen LogP contribution in [0.1, 0.15) is 12.5 Å². The van der Waals surface area contributed by atoms with Crippen molar-refractivity contribution in [1.82, 2.24) is 0 Å². The molecule has 0 radical (unpaired) electrons. The summed E-state index contributed by atoms with van der Waals surface area (Å²) in [6.45, 7) is 0.0566. The Bertz CT molecular complexity index is 564. The van der Waals surface area contributed by atoms with Crippen molar-refractivity contribution in [2.45, 2.75) is 18.4 Å². The lowest BCUT2D eigenvalue weighted by Gasteiger charge is -2.39. The number of nitrogens with zero attached hydrogens (tertiary/aromatic N) is 1. The summed E-state index contributed by atoms with van der Waals surface area (Å²) in [5.41, 5.74) is 2.43. The topological polar surface area (TPSA) is 47.6 Å². The normalized spacial score (nSPS) is 25.7. The fourth-order valence-corrected chi connectivity index (χ4v) is 2.13. The summed E-state index contributed by atoms with van der Waals surface area (Å²) in [6, 6.07) is 0.955. The molecule has 1 aliphatic heterocycles. The van der Waals surface area contributed by atoms with Gasteiger partial charge in [0, 0.05) is 11.6 Å². The molecule has 0 aliphatic carbocycles. The highest BCUT2D eigenvalue weighted by atomic mass is 79.9. The zero-order valence-corrected chi connectivity index (χ0v) is 11.3. The summed E-state index contributed by atoms with van der Waals surface area (Å²) in [6.07, 6.45) is 0. The monoisotopic (exact) mass is 340 g/mol. The van der Waals surface area contributed by atoms with Gasteiger partial charge in [-0.25, -0.2) is 13.8 Å². The maximum Gasteiger partial charge on any atom is 0.310 e. The van der Waals surface area contributed by atoms with Crippen LogP contribution in [0.4, 0.5) is 17.6 Å². The van der Waals surface area contributed by atoms with Crippen LogP contribution in [0.5, 0.6) is 0 Å². The number of ether oxygens (including phenoxy) is 1. The van der Waals surface area contributed by atoms with Crippen LogP contribution in [0, 0.1) is 11.6 Å². The van der Waals surface area contributed by atoms with E-state index < -0.39 is 41.3 Å². The quantitative estimate of drug-likeness (QED) is 0.631. The van der Waals surface area contributed by atoms with Gasteiger partial charge < -0.3 is 10.5 Å².